The quantitative estimate of drug-likeness (QED) is 0.396. The Kier molecular flexibility index (Phi) is 5.82. The Morgan fingerprint density at radius 1 is 1.23 bits per heavy atom. The van der Waals surface area contributed by atoms with Gasteiger partial charge in [0.1, 0.15) is 11.3 Å². The van der Waals surface area contributed by atoms with E-state index in [0.29, 0.717) is 12.2 Å². The van der Waals surface area contributed by atoms with Crippen LogP contribution in [-0.2, 0) is 6.42 Å². The molecule has 1 heterocycles. The maximum absolute atomic E-state index is 11.6. The van der Waals surface area contributed by atoms with Gasteiger partial charge in [0, 0.05) is 17.0 Å². The van der Waals surface area contributed by atoms with Crippen LogP contribution in [0.25, 0.3) is 11.0 Å². The molecule has 0 aliphatic rings. The molecule has 3 heteroatoms. The van der Waals surface area contributed by atoms with E-state index in [1.807, 2.05) is 19.1 Å². The first-order valence-corrected chi connectivity index (χ1v) is 7.94. The number of fused-ring (bicyclic) bond motifs is 1. The molecule has 0 bridgehead atoms. The monoisotopic (exact) mass is 300 g/mol. The zero-order chi connectivity index (χ0) is 15.9. The molecule has 0 saturated carbocycles. The zero-order valence-electron chi connectivity index (χ0n) is 13.5. The predicted octanol–water partition coefficient (Wildman–Crippen LogP) is 4.87. The Morgan fingerprint density at radius 2 is 2.00 bits per heavy atom. The lowest BCUT2D eigenvalue weighted by Gasteiger charge is -2.13. The van der Waals surface area contributed by atoms with Crippen molar-refractivity contribution in [3.8, 4) is 5.75 Å². The molecule has 0 amide bonds. The Labute approximate surface area is 131 Å². The number of hydrogen-bond acceptors (Lipinski definition) is 3. The van der Waals surface area contributed by atoms with Gasteiger partial charge in [0.15, 0.2) is 0 Å². The molecule has 0 unspecified atom stereocenters. The van der Waals surface area contributed by atoms with Crippen molar-refractivity contribution in [3.63, 3.8) is 0 Å². The highest BCUT2D eigenvalue weighted by molar-refractivity contribution is 5.82. The van der Waals surface area contributed by atoms with Crippen LogP contribution in [0.15, 0.2) is 45.6 Å². The van der Waals surface area contributed by atoms with Crippen LogP contribution in [0.4, 0.5) is 0 Å². The minimum atomic E-state index is -0.327. The molecule has 0 N–H and O–H groups in total. The summed E-state index contributed by atoms with van der Waals surface area (Å²) in [6, 6.07) is 7.17. The lowest BCUT2D eigenvalue weighted by Crippen LogP contribution is -2.03. The fraction of sp³-hybridized carbons (Fsp3) is 0.421. The second-order valence-electron chi connectivity index (χ2n) is 5.73. The van der Waals surface area contributed by atoms with Crippen molar-refractivity contribution in [1.82, 2.24) is 0 Å². The third-order valence-electron chi connectivity index (χ3n) is 3.66. The Hall–Kier alpha value is -2.03. The molecule has 2 aromatic rings. The van der Waals surface area contributed by atoms with Crippen molar-refractivity contribution in [2.75, 3.05) is 6.61 Å². The normalized spacial score (nSPS) is 10.8. The zero-order valence-corrected chi connectivity index (χ0v) is 13.5. The van der Waals surface area contributed by atoms with Gasteiger partial charge >= 0.3 is 5.63 Å². The Balaban J connectivity index is 2.33. The van der Waals surface area contributed by atoms with E-state index in [-0.39, 0.29) is 5.63 Å². The summed E-state index contributed by atoms with van der Waals surface area (Å²) in [4.78, 5) is 11.6. The summed E-state index contributed by atoms with van der Waals surface area (Å²) < 4.78 is 11.4. The average Bonchev–Trinajstić information content (AvgIpc) is 2.49. The van der Waals surface area contributed by atoms with Crippen LogP contribution in [0, 0.1) is 0 Å². The number of allylic oxidation sites excluding steroid dienone is 1. The largest absolute Gasteiger partial charge is 0.493 e. The van der Waals surface area contributed by atoms with Gasteiger partial charge in [-0.15, -0.1) is 6.58 Å². The summed E-state index contributed by atoms with van der Waals surface area (Å²) in [5.41, 5.74) is 2.39. The minimum Gasteiger partial charge on any atom is -0.493 e. The van der Waals surface area contributed by atoms with Crippen molar-refractivity contribution >= 4 is 11.0 Å². The van der Waals surface area contributed by atoms with Gasteiger partial charge in [-0.25, -0.2) is 4.79 Å². The van der Waals surface area contributed by atoms with Gasteiger partial charge in [0.05, 0.1) is 6.61 Å². The van der Waals surface area contributed by atoms with E-state index in [1.54, 1.807) is 6.07 Å². The van der Waals surface area contributed by atoms with Gasteiger partial charge in [0.25, 0.3) is 0 Å². The number of ether oxygens (including phenoxy) is 1. The molecule has 118 valence electrons. The first kappa shape index (κ1) is 16.3. The molecule has 0 radical (unpaired) electrons. The topological polar surface area (TPSA) is 39.4 Å². The fourth-order valence-corrected chi connectivity index (χ4v) is 2.42. The third-order valence-corrected chi connectivity index (χ3v) is 3.66. The second kappa shape index (κ2) is 7.83. The van der Waals surface area contributed by atoms with Crippen LogP contribution in [-0.4, -0.2) is 6.61 Å². The Morgan fingerprint density at radius 3 is 2.73 bits per heavy atom. The van der Waals surface area contributed by atoms with Crippen LogP contribution in [0.3, 0.4) is 0 Å². The minimum absolute atomic E-state index is 0.327. The summed E-state index contributed by atoms with van der Waals surface area (Å²) >= 11 is 0. The third kappa shape index (κ3) is 4.23. The molecule has 1 aromatic carbocycles. The summed E-state index contributed by atoms with van der Waals surface area (Å²) in [7, 11) is 0. The fourth-order valence-electron chi connectivity index (χ4n) is 2.42. The van der Waals surface area contributed by atoms with Gasteiger partial charge in [-0.1, -0.05) is 25.3 Å². The second-order valence-corrected chi connectivity index (χ2v) is 5.73. The van der Waals surface area contributed by atoms with Crippen molar-refractivity contribution in [3.05, 3.63) is 52.4 Å². The lowest BCUT2D eigenvalue weighted by molar-refractivity contribution is 0.303. The van der Waals surface area contributed by atoms with Crippen molar-refractivity contribution in [2.24, 2.45) is 0 Å². The van der Waals surface area contributed by atoms with E-state index in [9.17, 15) is 4.79 Å². The molecule has 22 heavy (non-hydrogen) atoms. The number of rotatable bonds is 8. The average molecular weight is 300 g/mol. The van der Waals surface area contributed by atoms with Gasteiger partial charge in [0.2, 0.25) is 0 Å². The SMILES string of the molecule is C=C(C)CCc1c(OCCCCC)ccc2ccc(=O)oc12. The smallest absolute Gasteiger partial charge is 0.336 e. The highest BCUT2D eigenvalue weighted by atomic mass is 16.5. The van der Waals surface area contributed by atoms with Crippen molar-refractivity contribution < 1.29 is 9.15 Å². The molecule has 0 fully saturated rings. The molecule has 0 aliphatic carbocycles. The molecule has 0 aliphatic heterocycles. The molecular formula is C19H24O3. The van der Waals surface area contributed by atoms with Gasteiger partial charge < -0.3 is 9.15 Å². The summed E-state index contributed by atoms with van der Waals surface area (Å²) in [6.07, 6.45) is 4.97. The van der Waals surface area contributed by atoms with E-state index in [2.05, 4.69) is 13.5 Å². The summed E-state index contributed by atoms with van der Waals surface area (Å²) in [5.74, 6) is 0.819. The molecule has 3 nitrogen and oxygen atoms in total. The van der Waals surface area contributed by atoms with Crippen LogP contribution >= 0.6 is 0 Å². The number of aryl methyl sites for hydroxylation is 1. The van der Waals surface area contributed by atoms with Crippen LogP contribution in [0.5, 0.6) is 5.75 Å². The van der Waals surface area contributed by atoms with Gasteiger partial charge in [-0.05, 0) is 44.4 Å². The molecule has 0 spiro atoms. The van der Waals surface area contributed by atoms with Gasteiger partial charge in [-0.3, -0.25) is 0 Å². The van der Waals surface area contributed by atoms with Crippen LogP contribution in [0.2, 0.25) is 0 Å². The molecule has 2 rings (SSSR count). The Bertz CT molecular complexity index is 697. The van der Waals surface area contributed by atoms with Crippen LogP contribution < -0.4 is 10.4 Å². The lowest BCUT2D eigenvalue weighted by atomic mass is 10.0. The molecule has 0 saturated heterocycles. The summed E-state index contributed by atoms with van der Waals surface area (Å²) in [6.45, 7) is 8.81. The number of unbranched alkanes of at least 4 members (excludes halogenated alkanes) is 2. The highest BCUT2D eigenvalue weighted by Gasteiger charge is 2.12. The van der Waals surface area contributed by atoms with E-state index >= 15 is 0 Å². The van der Waals surface area contributed by atoms with Gasteiger partial charge in [-0.2, -0.15) is 0 Å². The van der Waals surface area contributed by atoms with E-state index in [1.165, 1.54) is 12.5 Å². The predicted molar refractivity (Wildman–Crippen MR) is 90.6 cm³/mol. The van der Waals surface area contributed by atoms with Crippen LogP contribution in [0.1, 0.15) is 45.1 Å². The maximum atomic E-state index is 11.6. The van der Waals surface area contributed by atoms with E-state index < -0.39 is 0 Å². The molecular weight excluding hydrogens is 276 g/mol. The van der Waals surface area contributed by atoms with E-state index in [0.717, 1.165) is 48.0 Å². The van der Waals surface area contributed by atoms with E-state index in [4.69, 9.17) is 9.15 Å². The standard InChI is InChI=1S/C19H24O3/c1-4-5-6-13-21-17-11-8-15-9-12-18(20)22-19(15)16(17)10-7-14(2)3/h8-9,11-12H,2,4-7,10,13H2,1,3H3. The van der Waals surface area contributed by atoms with Crippen molar-refractivity contribution in [1.29, 1.82) is 0 Å². The number of benzene rings is 1. The molecule has 0 atom stereocenters. The first-order chi connectivity index (χ1) is 10.6. The number of hydrogen-bond donors (Lipinski definition) is 0. The summed E-state index contributed by atoms with van der Waals surface area (Å²) in [5, 5.41) is 0.928. The maximum Gasteiger partial charge on any atom is 0.336 e. The van der Waals surface area contributed by atoms with Crippen molar-refractivity contribution in [2.45, 2.75) is 46.0 Å². The first-order valence-electron chi connectivity index (χ1n) is 7.94. The molecule has 1 aromatic heterocycles. The highest BCUT2D eigenvalue weighted by Crippen LogP contribution is 2.29.